The van der Waals surface area contributed by atoms with Gasteiger partial charge >= 0.3 is 0 Å². The van der Waals surface area contributed by atoms with Crippen molar-refractivity contribution in [2.45, 2.75) is 4.90 Å². The maximum Gasteiger partial charge on any atom is 0.268 e. The third-order valence-electron chi connectivity index (χ3n) is 5.33. The van der Waals surface area contributed by atoms with Crippen LogP contribution >= 0.6 is 0 Å². The van der Waals surface area contributed by atoms with Gasteiger partial charge in [-0.15, -0.1) is 0 Å². The van der Waals surface area contributed by atoms with Crippen LogP contribution in [0.1, 0.15) is 0 Å². The summed E-state index contributed by atoms with van der Waals surface area (Å²) in [5.74, 6) is 0.825. The van der Waals surface area contributed by atoms with Gasteiger partial charge in [-0.1, -0.05) is 18.2 Å². The van der Waals surface area contributed by atoms with Gasteiger partial charge in [0.25, 0.3) is 10.0 Å². The summed E-state index contributed by atoms with van der Waals surface area (Å²) in [6.07, 6.45) is 1.62. The van der Waals surface area contributed by atoms with Crippen LogP contribution in [0.4, 0.5) is 11.5 Å². The van der Waals surface area contributed by atoms with E-state index in [9.17, 15) is 8.42 Å². The Balaban J connectivity index is 1.79. The zero-order valence-corrected chi connectivity index (χ0v) is 16.6. The van der Waals surface area contributed by atoms with E-state index in [4.69, 9.17) is 10.7 Å². The van der Waals surface area contributed by atoms with Crippen LogP contribution in [0.15, 0.2) is 65.7 Å². The predicted octanol–water partition coefficient (Wildman–Crippen LogP) is 2.42. The molecule has 0 spiro atoms. The highest BCUT2D eigenvalue weighted by atomic mass is 32.2. The molecule has 3 N–H and O–H groups in total. The van der Waals surface area contributed by atoms with Crippen molar-refractivity contribution >= 4 is 43.3 Å². The molecule has 29 heavy (non-hydrogen) atoms. The highest BCUT2D eigenvalue weighted by molar-refractivity contribution is 7.90. The Morgan fingerprint density at radius 1 is 0.931 bits per heavy atom. The molecular weight excluding hydrogens is 386 g/mol. The lowest BCUT2D eigenvalue weighted by atomic mass is 10.1. The molecule has 0 unspecified atom stereocenters. The van der Waals surface area contributed by atoms with Crippen molar-refractivity contribution in [2.24, 2.45) is 0 Å². The number of nitrogens with one attached hydrogen (secondary N) is 1. The molecule has 0 radical (unpaired) electrons. The minimum atomic E-state index is -3.78. The number of anilines is 2. The summed E-state index contributed by atoms with van der Waals surface area (Å²) in [7, 11) is -3.78. The number of piperazine rings is 1. The van der Waals surface area contributed by atoms with Crippen molar-refractivity contribution in [2.75, 3.05) is 36.8 Å². The third kappa shape index (κ3) is 2.92. The quantitative estimate of drug-likeness (QED) is 0.507. The van der Waals surface area contributed by atoms with E-state index in [1.54, 1.807) is 18.3 Å². The van der Waals surface area contributed by atoms with Gasteiger partial charge in [-0.2, -0.15) is 0 Å². The van der Waals surface area contributed by atoms with Crippen LogP contribution in [0.2, 0.25) is 0 Å². The van der Waals surface area contributed by atoms with Crippen LogP contribution in [0.3, 0.4) is 0 Å². The Morgan fingerprint density at radius 2 is 1.66 bits per heavy atom. The van der Waals surface area contributed by atoms with Crippen molar-refractivity contribution in [1.82, 2.24) is 14.3 Å². The molecule has 1 saturated heterocycles. The minimum Gasteiger partial charge on any atom is -0.399 e. The normalized spacial score (nSPS) is 15.2. The Labute approximate surface area is 168 Å². The summed E-state index contributed by atoms with van der Waals surface area (Å²) >= 11 is 0. The summed E-state index contributed by atoms with van der Waals surface area (Å²) < 4.78 is 28.2. The Hall–Kier alpha value is -3.10. The maximum absolute atomic E-state index is 13.4. The number of hydrogen-bond donors (Lipinski definition) is 2. The molecule has 8 heteroatoms. The summed E-state index contributed by atoms with van der Waals surface area (Å²) in [5.41, 5.74) is 7.69. The van der Waals surface area contributed by atoms with Gasteiger partial charge in [0.2, 0.25) is 0 Å². The Kier molecular flexibility index (Phi) is 4.18. The van der Waals surface area contributed by atoms with Crippen molar-refractivity contribution in [3.05, 3.63) is 60.8 Å². The highest BCUT2D eigenvalue weighted by Gasteiger charge is 2.24. The first-order chi connectivity index (χ1) is 14.1. The van der Waals surface area contributed by atoms with Gasteiger partial charge in [0.05, 0.1) is 15.9 Å². The van der Waals surface area contributed by atoms with E-state index in [1.165, 1.54) is 16.1 Å². The number of para-hydroxylation sites is 1. The molecule has 5 rings (SSSR count). The summed E-state index contributed by atoms with van der Waals surface area (Å²) in [5, 5.41) is 4.99. The molecule has 0 bridgehead atoms. The number of benzene rings is 2. The molecule has 148 valence electrons. The molecule has 0 amide bonds. The van der Waals surface area contributed by atoms with Crippen LogP contribution in [-0.4, -0.2) is 43.6 Å². The first-order valence-corrected chi connectivity index (χ1v) is 11.0. The zero-order chi connectivity index (χ0) is 20.0. The third-order valence-corrected chi connectivity index (χ3v) is 7.02. The number of nitrogens with zero attached hydrogens (tertiary/aromatic N) is 3. The molecule has 1 fully saturated rings. The van der Waals surface area contributed by atoms with E-state index in [1.807, 2.05) is 30.3 Å². The van der Waals surface area contributed by atoms with Gasteiger partial charge in [-0.05, 0) is 36.4 Å². The topological polar surface area (TPSA) is 93.2 Å². The number of hydrogen-bond acceptors (Lipinski definition) is 6. The van der Waals surface area contributed by atoms with Gasteiger partial charge in [-0.3, -0.25) is 0 Å². The predicted molar refractivity (Wildman–Crippen MR) is 116 cm³/mol. The van der Waals surface area contributed by atoms with E-state index >= 15 is 0 Å². The van der Waals surface area contributed by atoms with Crippen molar-refractivity contribution < 1.29 is 8.42 Å². The van der Waals surface area contributed by atoms with Crippen molar-refractivity contribution in [3.8, 4) is 0 Å². The van der Waals surface area contributed by atoms with E-state index in [0.717, 1.165) is 48.3 Å². The van der Waals surface area contributed by atoms with Gasteiger partial charge in [0, 0.05) is 48.8 Å². The van der Waals surface area contributed by atoms with E-state index in [-0.39, 0.29) is 4.90 Å². The fourth-order valence-electron chi connectivity index (χ4n) is 3.88. The highest BCUT2D eigenvalue weighted by Crippen LogP contribution is 2.34. The first-order valence-electron chi connectivity index (χ1n) is 9.52. The lowest BCUT2D eigenvalue weighted by Crippen LogP contribution is -2.44. The standard InChI is InChI=1S/C21H21N5O2S/c22-15-5-7-16(8-6-15)29(27,28)26-12-9-18-20(26)17-3-1-2-4-19(17)24-21(18)25-13-10-23-11-14-25/h1-9,12,23H,10-11,13-14,22H2. The monoisotopic (exact) mass is 407 g/mol. The van der Waals surface area contributed by atoms with Crippen LogP contribution in [0, 0.1) is 0 Å². The molecule has 0 aliphatic carbocycles. The Morgan fingerprint density at radius 3 is 2.41 bits per heavy atom. The average Bonchev–Trinajstić information content (AvgIpc) is 3.20. The van der Waals surface area contributed by atoms with Gasteiger partial charge in [0.15, 0.2) is 0 Å². The van der Waals surface area contributed by atoms with Crippen molar-refractivity contribution in [1.29, 1.82) is 0 Å². The molecule has 7 nitrogen and oxygen atoms in total. The number of fused-ring (bicyclic) bond motifs is 3. The maximum atomic E-state index is 13.4. The Bertz CT molecular complexity index is 1310. The largest absolute Gasteiger partial charge is 0.399 e. The number of nitrogen functional groups attached to an aromatic ring is 1. The van der Waals surface area contributed by atoms with Gasteiger partial charge < -0.3 is 16.0 Å². The second-order valence-electron chi connectivity index (χ2n) is 7.14. The molecular formula is C21H21N5O2S. The summed E-state index contributed by atoms with van der Waals surface area (Å²) in [6, 6.07) is 15.8. The fourth-order valence-corrected chi connectivity index (χ4v) is 5.24. The van der Waals surface area contributed by atoms with Crippen LogP contribution in [0.25, 0.3) is 21.8 Å². The smallest absolute Gasteiger partial charge is 0.268 e. The molecule has 0 atom stereocenters. The van der Waals surface area contributed by atoms with Crippen molar-refractivity contribution in [3.63, 3.8) is 0 Å². The van der Waals surface area contributed by atoms with E-state index in [2.05, 4.69) is 10.2 Å². The molecule has 2 aromatic heterocycles. The fraction of sp³-hybridized carbons (Fsp3) is 0.190. The first kappa shape index (κ1) is 18.0. The van der Waals surface area contributed by atoms with Crippen LogP contribution < -0.4 is 16.0 Å². The summed E-state index contributed by atoms with van der Waals surface area (Å²) in [6.45, 7) is 3.41. The second-order valence-corrected chi connectivity index (χ2v) is 8.95. The molecule has 1 aliphatic heterocycles. The lowest BCUT2D eigenvalue weighted by Gasteiger charge is -2.29. The number of nitrogens with two attached hydrogens (primary N) is 1. The average molecular weight is 407 g/mol. The molecule has 0 saturated carbocycles. The second kappa shape index (κ2) is 6.75. The SMILES string of the molecule is Nc1ccc(S(=O)(=O)n2ccc3c(N4CCNCC4)nc4ccccc4c32)cc1. The van der Waals surface area contributed by atoms with Gasteiger partial charge in [-0.25, -0.2) is 17.4 Å². The molecule has 4 aromatic rings. The van der Waals surface area contributed by atoms with Gasteiger partial charge in [0.1, 0.15) is 5.82 Å². The number of pyridine rings is 1. The minimum absolute atomic E-state index is 0.203. The lowest BCUT2D eigenvalue weighted by molar-refractivity contribution is 0.586. The number of aromatic nitrogens is 2. The zero-order valence-electron chi connectivity index (χ0n) is 15.7. The van der Waals surface area contributed by atoms with Crippen LogP contribution in [0.5, 0.6) is 0 Å². The molecule has 1 aliphatic rings. The number of rotatable bonds is 3. The van der Waals surface area contributed by atoms with Crippen LogP contribution in [-0.2, 0) is 10.0 Å². The molecule has 3 heterocycles. The summed E-state index contributed by atoms with van der Waals surface area (Å²) in [4.78, 5) is 7.30. The van der Waals surface area contributed by atoms with E-state index < -0.39 is 10.0 Å². The van der Waals surface area contributed by atoms with E-state index in [0.29, 0.717) is 11.2 Å². The molecule has 2 aromatic carbocycles.